The summed E-state index contributed by atoms with van der Waals surface area (Å²) in [5.74, 6) is -0.368. The van der Waals surface area contributed by atoms with E-state index in [-0.39, 0.29) is 5.97 Å². The molecule has 0 fully saturated rings. The van der Waals surface area contributed by atoms with Crippen molar-refractivity contribution in [1.29, 1.82) is 0 Å². The lowest BCUT2D eigenvalue weighted by atomic mass is 10.2. The summed E-state index contributed by atoms with van der Waals surface area (Å²) in [4.78, 5) is 10.8. The van der Waals surface area contributed by atoms with Crippen LogP contribution in [-0.2, 0) is 23.1 Å². The maximum Gasteiger partial charge on any atom is 0.331 e. The summed E-state index contributed by atoms with van der Waals surface area (Å²) in [6, 6.07) is 0. The van der Waals surface area contributed by atoms with E-state index in [0.717, 1.165) is 17.0 Å². The molecule has 0 bridgehead atoms. The number of methoxy groups -OCH3 is 1. The van der Waals surface area contributed by atoms with Gasteiger partial charge in [0.1, 0.15) is 0 Å². The van der Waals surface area contributed by atoms with Crippen LogP contribution in [0.3, 0.4) is 0 Å². The number of aryl methyl sites for hydroxylation is 2. The van der Waals surface area contributed by atoms with E-state index in [4.69, 9.17) is 0 Å². The Balaban J connectivity index is 2.55. The fourth-order valence-corrected chi connectivity index (χ4v) is 1.43. The summed E-state index contributed by atoms with van der Waals surface area (Å²) in [6.45, 7) is 4.63. The van der Waals surface area contributed by atoms with Crippen LogP contribution in [0.15, 0.2) is 12.3 Å². The summed E-state index contributed by atoms with van der Waals surface area (Å²) in [5, 5.41) is 7.33. The Morgan fingerprint density at radius 1 is 1.56 bits per heavy atom. The number of esters is 1. The highest BCUT2D eigenvalue weighted by Gasteiger charge is 2.07. The molecule has 1 heterocycles. The minimum atomic E-state index is -0.368. The molecule has 0 spiro atoms. The quantitative estimate of drug-likeness (QED) is 0.606. The Hall–Kier alpha value is -1.78. The average molecular weight is 223 g/mol. The first-order chi connectivity index (χ1) is 7.56. The van der Waals surface area contributed by atoms with Crippen molar-refractivity contribution >= 4 is 5.97 Å². The average Bonchev–Trinajstić information content (AvgIpc) is 2.49. The predicted octanol–water partition coefficient (Wildman–Crippen LogP) is 0.813. The van der Waals surface area contributed by atoms with Gasteiger partial charge in [0, 0.05) is 37.1 Å². The van der Waals surface area contributed by atoms with Gasteiger partial charge in [0.15, 0.2) is 0 Å². The van der Waals surface area contributed by atoms with Crippen LogP contribution in [0.4, 0.5) is 0 Å². The zero-order valence-corrected chi connectivity index (χ0v) is 10.1. The number of hydrogen-bond acceptors (Lipinski definition) is 4. The number of carbonyl (C=O) groups is 1. The van der Waals surface area contributed by atoms with Crippen LogP contribution in [0, 0.1) is 13.8 Å². The van der Waals surface area contributed by atoms with Gasteiger partial charge in [-0.25, -0.2) is 4.79 Å². The molecule has 1 aromatic rings. The van der Waals surface area contributed by atoms with Crippen molar-refractivity contribution in [3.8, 4) is 0 Å². The number of aromatic nitrogens is 2. The largest absolute Gasteiger partial charge is 0.466 e. The lowest BCUT2D eigenvalue weighted by molar-refractivity contribution is -0.134. The minimum absolute atomic E-state index is 0.368. The highest BCUT2D eigenvalue weighted by atomic mass is 16.5. The first-order valence-corrected chi connectivity index (χ1v) is 5.03. The third kappa shape index (κ3) is 2.85. The zero-order valence-electron chi connectivity index (χ0n) is 10.1. The number of carbonyl (C=O) groups excluding carboxylic acids is 1. The molecular formula is C11H17N3O2. The van der Waals surface area contributed by atoms with E-state index in [0.29, 0.717) is 6.54 Å². The Kier molecular flexibility index (Phi) is 4.10. The Labute approximate surface area is 95.1 Å². The zero-order chi connectivity index (χ0) is 12.1. The Bertz CT molecular complexity index is 408. The van der Waals surface area contributed by atoms with Crippen molar-refractivity contribution in [2.24, 2.45) is 7.05 Å². The van der Waals surface area contributed by atoms with Crippen LogP contribution in [-0.4, -0.2) is 22.9 Å². The standard InChI is InChI=1S/C11H17N3O2/c1-8-10(9(2)14(3)13-8)7-12-6-5-11(15)16-4/h5-6,12H,7H2,1-4H3/b6-5+. The van der Waals surface area contributed by atoms with Crippen LogP contribution in [0.2, 0.25) is 0 Å². The molecule has 0 radical (unpaired) electrons. The molecule has 0 aliphatic heterocycles. The second-order valence-corrected chi connectivity index (χ2v) is 3.51. The molecule has 0 saturated heterocycles. The number of nitrogens with zero attached hydrogens (tertiary/aromatic N) is 2. The number of hydrogen-bond donors (Lipinski definition) is 1. The van der Waals surface area contributed by atoms with Gasteiger partial charge in [0.2, 0.25) is 0 Å². The summed E-state index contributed by atoms with van der Waals surface area (Å²) in [5.41, 5.74) is 3.27. The predicted molar refractivity (Wildman–Crippen MR) is 60.7 cm³/mol. The molecule has 16 heavy (non-hydrogen) atoms. The molecule has 0 aliphatic carbocycles. The highest BCUT2D eigenvalue weighted by molar-refractivity contribution is 5.81. The van der Waals surface area contributed by atoms with E-state index in [1.54, 1.807) is 6.20 Å². The molecule has 88 valence electrons. The molecule has 5 nitrogen and oxygen atoms in total. The summed E-state index contributed by atoms with van der Waals surface area (Å²) >= 11 is 0. The highest BCUT2D eigenvalue weighted by Crippen LogP contribution is 2.10. The van der Waals surface area contributed by atoms with Crippen molar-refractivity contribution in [2.75, 3.05) is 7.11 Å². The molecule has 5 heteroatoms. The number of nitrogens with one attached hydrogen (secondary N) is 1. The Morgan fingerprint density at radius 2 is 2.25 bits per heavy atom. The van der Waals surface area contributed by atoms with Gasteiger partial charge in [-0.3, -0.25) is 4.68 Å². The number of ether oxygens (including phenoxy) is 1. The van der Waals surface area contributed by atoms with E-state index >= 15 is 0 Å². The van der Waals surface area contributed by atoms with E-state index in [2.05, 4.69) is 15.2 Å². The smallest absolute Gasteiger partial charge is 0.331 e. The number of rotatable bonds is 4. The van der Waals surface area contributed by atoms with E-state index in [1.165, 1.54) is 13.2 Å². The second-order valence-electron chi connectivity index (χ2n) is 3.51. The van der Waals surface area contributed by atoms with Crippen LogP contribution < -0.4 is 5.32 Å². The molecular weight excluding hydrogens is 206 g/mol. The van der Waals surface area contributed by atoms with Gasteiger partial charge in [0.25, 0.3) is 0 Å². The van der Waals surface area contributed by atoms with Crippen LogP contribution >= 0.6 is 0 Å². The monoisotopic (exact) mass is 223 g/mol. The van der Waals surface area contributed by atoms with Crippen molar-refractivity contribution in [2.45, 2.75) is 20.4 Å². The maximum atomic E-state index is 10.8. The normalized spacial score (nSPS) is 10.8. The molecule has 0 aliphatic rings. The van der Waals surface area contributed by atoms with Crippen molar-refractivity contribution in [3.63, 3.8) is 0 Å². The molecule has 0 saturated carbocycles. The fraction of sp³-hybridized carbons (Fsp3) is 0.455. The molecule has 1 aromatic heterocycles. The maximum absolute atomic E-state index is 10.8. The lowest BCUT2D eigenvalue weighted by Gasteiger charge is -2.01. The molecule has 0 atom stereocenters. The third-order valence-electron chi connectivity index (χ3n) is 2.48. The van der Waals surface area contributed by atoms with Crippen molar-refractivity contribution in [3.05, 3.63) is 29.2 Å². The van der Waals surface area contributed by atoms with Crippen LogP contribution in [0.1, 0.15) is 17.0 Å². The SMILES string of the molecule is COC(=O)/C=C/NCc1c(C)nn(C)c1C. The van der Waals surface area contributed by atoms with E-state index < -0.39 is 0 Å². The molecule has 0 amide bonds. The second kappa shape index (κ2) is 5.34. The van der Waals surface area contributed by atoms with Crippen molar-refractivity contribution < 1.29 is 9.53 Å². The van der Waals surface area contributed by atoms with E-state index in [9.17, 15) is 4.79 Å². The topological polar surface area (TPSA) is 56.1 Å². The Morgan fingerprint density at radius 3 is 2.75 bits per heavy atom. The van der Waals surface area contributed by atoms with Crippen LogP contribution in [0.25, 0.3) is 0 Å². The fourth-order valence-electron chi connectivity index (χ4n) is 1.43. The first-order valence-electron chi connectivity index (χ1n) is 5.03. The minimum Gasteiger partial charge on any atom is -0.466 e. The van der Waals surface area contributed by atoms with Gasteiger partial charge in [0.05, 0.1) is 12.8 Å². The first kappa shape index (κ1) is 12.3. The van der Waals surface area contributed by atoms with Gasteiger partial charge in [-0.1, -0.05) is 0 Å². The van der Waals surface area contributed by atoms with Gasteiger partial charge >= 0.3 is 5.97 Å². The summed E-state index contributed by atoms with van der Waals surface area (Å²) in [6.07, 6.45) is 2.93. The molecule has 1 rings (SSSR count). The van der Waals surface area contributed by atoms with Gasteiger partial charge in [-0.15, -0.1) is 0 Å². The molecule has 1 N–H and O–H groups in total. The van der Waals surface area contributed by atoms with Crippen molar-refractivity contribution in [1.82, 2.24) is 15.1 Å². The van der Waals surface area contributed by atoms with Gasteiger partial charge < -0.3 is 10.1 Å². The lowest BCUT2D eigenvalue weighted by Crippen LogP contribution is -2.08. The van der Waals surface area contributed by atoms with Gasteiger partial charge in [-0.05, 0) is 13.8 Å². The third-order valence-corrected chi connectivity index (χ3v) is 2.48. The summed E-state index contributed by atoms with van der Waals surface area (Å²) < 4.78 is 6.32. The molecule has 0 unspecified atom stereocenters. The molecule has 0 aromatic carbocycles. The van der Waals surface area contributed by atoms with E-state index in [1.807, 2.05) is 25.6 Å². The summed E-state index contributed by atoms with van der Waals surface area (Å²) in [7, 11) is 3.26. The van der Waals surface area contributed by atoms with Gasteiger partial charge in [-0.2, -0.15) is 5.10 Å². The van der Waals surface area contributed by atoms with Crippen LogP contribution in [0.5, 0.6) is 0 Å².